The lowest BCUT2D eigenvalue weighted by Gasteiger charge is -2.44. The summed E-state index contributed by atoms with van der Waals surface area (Å²) in [5, 5.41) is 2.97. The van der Waals surface area contributed by atoms with Crippen molar-refractivity contribution in [2.45, 2.75) is 51.0 Å². The quantitative estimate of drug-likeness (QED) is 0.683. The second kappa shape index (κ2) is 4.72. The number of hydrogen-bond donors (Lipinski definition) is 1. The molecule has 4 nitrogen and oxygen atoms in total. The van der Waals surface area contributed by atoms with Crippen molar-refractivity contribution in [2.75, 3.05) is 0 Å². The van der Waals surface area contributed by atoms with E-state index in [0.717, 1.165) is 5.69 Å². The molecule has 0 aromatic carbocycles. The number of aromatic nitrogens is 1. The summed E-state index contributed by atoms with van der Waals surface area (Å²) >= 11 is 0. The molecular formula is C14H22N2O2Si. The number of nitrogens with zero attached hydrogens (tertiary/aromatic N) is 1. The molecular weight excluding hydrogens is 256 g/mol. The zero-order chi connectivity index (χ0) is 14.3. The first-order valence-corrected chi connectivity index (χ1v) is 9.52. The molecule has 1 aliphatic heterocycles. The first-order valence-electron chi connectivity index (χ1n) is 6.61. The number of β-lactam (4-membered cyclic amide) rings is 1. The minimum Gasteiger partial charge on any atom is -0.403 e. The number of carbonyl (C=O) groups excluding carboxylic acids is 1. The summed E-state index contributed by atoms with van der Waals surface area (Å²) in [6.07, 6.45) is 1.35. The van der Waals surface area contributed by atoms with E-state index in [9.17, 15) is 4.79 Å². The minimum atomic E-state index is -1.94. The summed E-state index contributed by atoms with van der Waals surface area (Å²) in [5.41, 5.74) is 0.866. The first kappa shape index (κ1) is 14.2. The molecule has 2 atom stereocenters. The third-order valence-corrected chi connectivity index (χ3v) is 8.55. The van der Waals surface area contributed by atoms with Gasteiger partial charge in [-0.3, -0.25) is 9.78 Å². The van der Waals surface area contributed by atoms with Crippen molar-refractivity contribution in [1.82, 2.24) is 10.3 Å². The Morgan fingerprint density at radius 1 is 1.32 bits per heavy atom. The highest BCUT2D eigenvalue weighted by molar-refractivity contribution is 6.74. The molecule has 2 heterocycles. The summed E-state index contributed by atoms with van der Waals surface area (Å²) in [5.74, 6) is -0.0273. The van der Waals surface area contributed by atoms with Gasteiger partial charge >= 0.3 is 0 Å². The van der Waals surface area contributed by atoms with Crippen LogP contribution in [0.15, 0.2) is 24.4 Å². The maximum Gasteiger partial charge on any atom is 0.251 e. The van der Waals surface area contributed by atoms with Gasteiger partial charge in [-0.1, -0.05) is 26.8 Å². The molecule has 0 aliphatic carbocycles. The smallest absolute Gasteiger partial charge is 0.251 e. The van der Waals surface area contributed by atoms with Crippen molar-refractivity contribution < 1.29 is 9.22 Å². The molecule has 1 amide bonds. The van der Waals surface area contributed by atoms with E-state index < -0.39 is 14.4 Å². The van der Waals surface area contributed by atoms with Crippen LogP contribution in [0.5, 0.6) is 0 Å². The fourth-order valence-corrected chi connectivity index (χ4v) is 3.00. The van der Waals surface area contributed by atoms with Crippen LogP contribution in [-0.4, -0.2) is 25.3 Å². The fourth-order valence-electron chi connectivity index (χ4n) is 1.77. The van der Waals surface area contributed by atoms with Crippen molar-refractivity contribution in [3.05, 3.63) is 30.1 Å². The molecule has 1 saturated heterocycles. The van der Waals surface area contributed by atoms with Crippen molar-refractivity contribution in [1.29, 1.82) is 0 Å². The molecule has 1 N–H and O–H groups in total. The summed E-state index contributed by atoms with van der Waals surface area (Å²) in [4.78, 5) is 16.1. The van der Waals surface area contributed by atoms with Crippen LogP contribution in [0.2, 0.25) is 18.1 Å². The number of hydrogen-bond acceptors (Lipinski definition) is 3. The van der Waals surface area contributed by atoms with Crippen LogP contribution in [0.25, 0.3) is 0 Å². The lowest BCUT2D eigenvalue weighted by atomic mass is 9.98. The Hall–Kier alpha value is -1.20. The van der Waals surface area contributed by atoms with Gasteiger partial charge in [-0.15, -0.1) is 0 Å². The standard InChI is InChI=1S/C14H22N2O2Si/c1-14(2,3)19(4,5)18-12-11(16-13(12)17)10-8-6-7-9-15-10/h6-9,11-12H,1-5H3,(H,16,17)/t11-,12+/m0/s1. The van der Waals surface area contributed by atoms with Crippen LogP contribution in [-0.2, 0) is 9.22 Å². The predicted molar refractivity (Wildman–Crippen MR) is 77.2 cm³/mol. The van der Waals surface area contributed by atoms with E-state index in [1.165, 1.54) is 0 Å². The monoisotopic (exact) mass is 278 g/mol. The van der Waals surface area contributed by atoms with E-state index in [4.69, 9.17) is 4.43 Å². The Kier molecular flexibility index (Phi) is 3.53. The zero-order valence-corrected chi connectivity index (χ0v) is 13.2. The summed E-state index contributed by atoms with van der Waals surface area (Å²) < 4.78 is 6.20. The second-order valence-electron chi connectivity index (χ2n) is 6.54. The first-order chi connectivity index (χ1) is 8.72. The van der Waals surface area contributed by atoms with Crippen LogP contribution >= 0.6 is 0 Å². The number of carbonyl (C=O) groups is 1. The Bertz CT molecular complexity index is 468. The van der Waals surface area contributed by atoms with Gasteiger partial charge in [0, 0.05) is 6.20 Å². The van der Waals surface area contributed by atoms with Crippen LogP contribution in [0, 0.1) is 0 Å². The summed E-state index contributed by atoms with van der Waals surface area (Å²) in [7, 11) is -1.94. The summed E-state index contributed by atoms with van der Waals surface area (Å²) in [6, 6.07) is 5.61. The van der Waals surface area contributed by atoms with E-state index in [-0.39, 0.29) is 17.0 Å². The third-order valence-electron chi connectivity index (χ3n) is 4.09. The summed E-state index contributed by atoms with van der Waals surface area (Å²) in [6.45, 7) is 10.8. The van der Waals surface area contributed by atoms with Gasteiger partial charge in [0.2, 0.25) is 0 Å². The molecule has 0 unspecified atom stereocenters. The van der Waals surface area contributed by atoms with Gasteiger partial charge in [0.1, 0.15) is 6.04 Å². The van der Waals surface area contributed by atoms with Crippen molar-refractivity contribution >= 4 is 14.2 Å². The van der Waals surface area contributed by atoms with Crippen molar-refractivity contribution in [3.8, 4) is 0 Å². The van der Waals surface area contributed by atoms with E-state index >= 15 is 0 Å². The van der Waals surface area contributed by atoms with E-state index in [0.29, 0.717) is 0 Å². The Morgan fingerprint density at radius 2 is 2.00 bits per heavy atom. The van der Waals surface area contributed by atoms with Crippen LogP contribution < -0.4 is 5.32 Å². The van der Waals surface area contributed by atoms with Crippen LogP contribution in [0.1, 0.15) is 32.5 Å². The largest absolute Gasteiger partial charge is 0.403 e. The van der Waals surface area contributed by atoms with Gasteiger partial charge in [-0.05, 0) is 30.3 Å². The highest BCUT2D eigenvalue weighted by Crippen LogP contribution is 2.40. The van der Waals surface area contributed by atoms with Gasteiger partial charge in [0.05, 0.1) is 5.69 Å². The lowest BCUT2D eigenvalue weighted by molar-refractivity contribution is -0.141. The molecule has 5 heteroatoms. The second-order valence-corrected chi connectivity index (χ2v) is 11.3. The minimum absolute atomic E-state index is 0.0273. The van der Waals surface area contributed by atoms with Crippen LogP contribution in [0.4, 0.5) is 0 Å². The van der Waals surface area contributed by atoms with E-state index in [2.05, 4.69) is 44.2 Å². The molecule has 1 aromatic rings. The predicted octanol–water partition coefficient (Wildman–Crippen LogP) is 2.64. The SMILES string of the molecule is CC(C)(C)[Si](C)(C)O[C@H]1C(=O)N[C@H]1c1ccccn1. The molecule has 1 aliphatic rings. The van der Waals surface area contributed by atoms with Crippen molar-refractivity contribution in [3.63, 3.8) is 0 Å². The molecule has 1 fully saturated rings. The van der Waals surface area contributed by atoms with Gasteiger partial charge in [-0.2, -0.15) is 0 Å². The maximum absolute atomic E-state index is 11.8. The Balaban J connectivity index is 2.14. The molecule has 1 aromatic heterocycles. The molecule has 0 bridgehead atoms. The number of amides is 1. The maximum atomic E-state index is 11.8. The topological polar surface area (TPSA) is 51.2 Å². The lowest BCUT2D eigenvalue weighted by Crippen LogP contribution is -2.61. The highest BCUT2D eigenvalue weighted by Gasteiger charge is 2.48. The molecule has 0 saturated carbocycles. The molecule has 104 valence electrons. The van der Waals surface area contributed by atoms with Crippen LogP contribution in [0.3, 0.4) is 0 Å². The fraction of sp³-hybridized carbons (Fsp3) is 0.571. The van der Waals surface area contributed by atoms with Gasteiger partial charge in [0.15, 0.2) is 14.4 Å². The van der Waals surface area contributed by atoms with E-state index in [1.54, 1.807) is 6.20 Å². The normalized spacial score (nSPS) is 23.7. The van der Waals surface area contributed by atoms with Gasteiger partial charge < -0.3 is 9.74 Å². The number of pyridine rings is 1. The van der Waals surface area contributed by atoms with Gasteiger partial charge in [0.25, 0.3) is 5.91 Å². The van der Waals surface area contributed by atoms with E-state index in [1.807, 2.05) is 18.2 Å². The Labute approximate surface area is 115 Å². The highest BCUT2D eigenvalue weighted by atomic mass is 28.4. The third kappa shape index (κ3) is 2.72. The molecule has 2 rings (SSSR count). The van der Waals surface area contributed by atoms with Crippen molar-refractivity contribution in [2.24, 2.45) is 0 Å². The average molecular weight is 278 g/mol. The molecule has 0 radical (unpaired) electrons. The molecule has 0 spiro atoms. The number of nitrogens with one attached hydrogen (secondary N) is 1. The number of rotatable bonds is 3. The zero-order valence-electron chi connectivity index (χ0n) is 12.2. The average Bonchev–Trinajstić information content (AvgIpc) is 2.33. The van der Waals surface area contributed by atoms with Gasteiger partial charge in [-0.25, -0.2) is 0 Å². The Morgan fingerprint density at radius 3 is 2.47 bits per heavy atom. The molecule has 19 heavy (non-hydrogen) atoms.